The van der Waals surface area contributed by atoms with E-state index in [0.29, 0.717) is 5.69 Å². The predicted molar refractivity (Wildman–Crippen MR) is 36.6 cm³/mol. The molecule has 0 saturated carbocycles. The van der Waals surface area contributed by atoms with E-state index in [4.69, 9.17) is 0 Å². The Morgan fingerprint density at radius 3 is 3.10 bits per heavy atom. The summed E-state index contributed by atoms with van der Waals surface area (Å²) >= 11 is 0. The minimum absolute atomic E-state index is 0.685. The molecule has 0 aliphatic rings. The Hall–Kier alpha value is -1.45. The first kappa shape index (κ1) is 6.67. The Balaban J connectivity index is 2.67. The van der Waals surface area contributed by atoms with Crippen LogP contribution < -0.4 is 0 Å². The highest BCUT2D eigenvalue weighted by molar-refractivity contribution is 5.75. The summed E-state index contributed by atoms with van der Waals surface area (Å²) in [7, 11) is 1.48. The molecule has 52 valence electrons. The molecule has 0 radical (unpaired) electrons. The molecule has 0 fully saturated rings. The van der Waals surface area contributed by atoms with Gasteiger partial charge in [0.2, 0.25) is 0 Å². The Bertz CT molecular complexity index is 209. The van der Waals surface area contributed by atoms with Crippen LogP contribution in [0, 0.1) is 0 Å². The van der Waals surface area contributed by atoms with Crippen molar-refractivity contribution in [3.05, 3.63) is 24.3 Å². The first-order valence-corrected chi connectivity index (χ1v) is 2.76. The second-order valence-electron chi connectivity index (χ2n) is 1.55. The van der Waals surface area contributed by atoms with Crippen LogP contribution in [0.1, 0.15) is 5.69 Å². The Labute approximate surface area is 58.6 Å². The van der Waals surface area contributed by atoms with Crippen molar-refractivity contribution in [2.24, 2.45) is 5.16 Å². The fraction of sp³-hybridized carbons (Fsp3) is 0.167. The average molecular weight is 137 g/mol. The van der Waals surface area contributed by atoms with Gasteiger partial charge in [-0.05, 0) is 0 Å². The largest absolute Gasteiger partial charge is 0.399 e. The van der Waals surface area contributed by atoms with Gasteiger partial charge in [-0.1, -0.05) is 5.16 Å². The molecule has 10 heavy (non-hydrogen) atoms. The van der Waals surface area contributed by atoms with Crippen molar-refractivity contribution in [2.75, 3.05) is 7.11 Å². The second kappa shape index (κ2) is 3.55. The van der Waals surface area contributed by atoms with Gasteiger partial charge in [0.1, 0.15) is 12.8 Å². The fourth-order valence-electron chi connectivity index (χ4n) is 0.484. The number of hydrogen-bond acceptors (Lipinski definition) is 4. The topological polar surface area (TPSA) is 47.4 Å². The fourth-order valence-corrected chi connectivity index (χ4v) is 0.484. The molecule has 0 saturated heterocycles. The Morgan fingerprint density at radius 2 is 2.50 bits per heavy atom. The molecule has 0 aromatic carbocycles. The minimum atomic E-state index is 0.685. The van der Waals surface area contributed by atoms with Crippen LogP contribution in [0.25, 0.3) is 0 Å². The van der Waals surface area contributed by atoms with Gasteiger partial charge in [0.15, 0.2) is 0 Å². The van der Waals surface area contributed by atoms with Gasteiger partial charge in [0.25, 0.3) is 0 Å². The Morgan fingerprint density at radius 1 is 1.60 bits per heavy atom. The van der Waals surface area contributed by atoms with Gasteiger partial charge in [0, 0.05) is 12.4 Å². The molecule has 1 aromatic rings. The molecule has 0 amide bonds. The molecule has 0 N–H and O–H groups in total. The lowest BCUT2D eigenvalue weighted by atomic mass is 10.5. The maximum atomic E-state index is 4.45. The molecule has 0 spiro atoms. The lowest BCUT2D eigenvalue weighted by molar-refractivity contribution is 0.215. The van der Waals surface area contributed by atoms with E-state index in [1.807, 2.05) is 0 Å². The van der Waals surface area contributed by atoms with Crippen molar-refractivity contribution < 1.29 is 4.84 Å². The van der Waals surface area contributed by atoms with Gasteiger partial charge in [-0.15, -0.1) is 0 Å². The average Bonchev–Trinajstić information content (AvgIpc) is 2.03. The van der Waals surface area contributed by atoms with E-state index in [2.05, 4.69) is 20.0 Å². The molecule has 1 heterocycles. The highest BCUT2D eigenvalue weighted by atomic mass is 16.6. The van der Waals surface area contributed by atoms with Gasteiger partial charge < -0.3 is 4.84 Å². The van der Waals surface area contributed by atoms with Crippen molar-refractivity contribution in [2.45, 2.75) is 0 Å². The SMILES string of the molecule is CON=Cc1cnccn1. The lowest BCUT2D eigenvalue weighted by Crippen LogP contribution is -1.87. The van der Waals surface area contributed by atoms with Gasteiger partial charge in [-0.3, -0.25) is 9.97 Å². The molecule has 0 aliphatic heterocycles. The van der Waals surface area contributed by atoms with Crippen LogP contribution in [0.2, 0.25) is 0 Å². The van der Waals surface area contributed by atoms with E-state index < -0.39 is 0 Å². The van der Waals surface area contributed by atoms with Crippen molar-refractivity contribution in [3.63, 3.8) is 0 Å². The zero-order valence-electron chi connectivity index (χ0n) is 5.56. The summed E-state index contributed by atoms with van der Waals surface area (Å²) in [4.78, 5) is 12.2. The number of rotatable bonds is 2. The monoisotopic (exact) mass is 137 g/mol. The molecule has 0 aliphatic carbocycles. The van der Waals surface area contributed by atoms with Gasteiger partial charge >= 0.3 is 0 Å². The normalized spacial score (nSPS) is 10.1. The summed E-state index contributed by atoms with van der Waals surface area (Å²) in [5, 5.41) is 3.51. The van der Waals surface area contributed by atoms with Crippen LogP contribution in [-0.2, 0) is 4.84 Å². The molecule has 4 nitrogen and oxygen atoms in total. The molecule has 0 atom stereocenters. The molecule has 0 bridgehead atoms. The second-order valence-corrected chi connectivity index (χ2v) is 1.55. The molecule has 0 unspecified atom stereocenters. The summed E-state index contributed by atoms with van der Waals surface area (Å²) in [5.74, 6) is 0. The van der Waals surface area contributed by atoms with Crippen molar-refractivity contribution in [1.29, 1.82) is 0 Å². The molecule has 1 rings (SSSR count). The van der Waals surface area contributed by atoms with Crippen LogP contribution in [0.15, 0.2) is 23.7 Å². The van der Waals surface area contributed by atoms with Crippen LogP contribution in [0.5, 0.6) is 0 Å². The zero-order chi connectivity index (χ0) is 7.23. The first-order valence-electron chi connectivity index (χ1n) is 2.76. The van der Waals surface area contributed by atoms with E-state index in [1.54, 1.807) is 18.6 Å². The van der Waals surface area contributed by atoms with E-state index in [0.717, 1.165) is 0 Å². The lowest BCUT2D eigenvalue weighted by Gasteiger charge is -1.87. The number of oxime groups is 1. The van der Waals surface area contributed by atoms with Gasteiger partial charge in [-0.2, -0.15) is 0 Å². The van der Waals surface area contributed by atoms with E-state index in [1.165, 1.54) is 13.3 Å². The molecular formula is C6H7N3O. The first-order chi connectivity index (χ1) is 4.93. The highest BCUT2D eigenvalue weighted by Gasteiger charge is 1.83. The minimum Gasteiger partial charge on any atom is -0.399 e. The van der Waals surface area contributed by atoms with E-state index in [9.17, 15) is 0 Å². The number of hydrogen-bond donors (Lipinski definition) is 0. The quantitative estimate of drug-likeness (QED) is 0.439. The standard InChI is InChI=1S/C6H7N3O/c1-10-9-5-6-4-7-2-3-8-6/h2-5H,1H3. The van der Waals surface area contributed by atoms with Crippen LogP contribution in [0.3, 0.4) is 0 Å². The summed E-state index contributed by atoms with van der Waals surface area (Å²) in [6.07, 6.45) is 6.29. The van der Waals surface area contributed by atoms with Gasteiger partial charge in [-0.25, -0.2) is 0 Å². The maximum absolute atomic E-state index is 4.45. The molecular weight excluding hydrogens is 130 g/mol. The maximum Gasteiger partial charge on any atom is 0.106 e. The molecule has 1 aromatic heterocycles. The Kier molecular flexibility index (Phi) is 2.37. The third-order valence-corrected chi connectivity index (χ3v) is 0.874. The summed E-state index contributed by atoms with van der Waals surface area (Å²) in [5.41, 5.74) is 0.685. The van der Waals surface area contributed by atoms with E-state index >= 15 is 0 Å². The summed E-state index contributed by atoms with van der Waals surface area (Å²) in [6, 6.07) is 0. The number of aromatic nitrogens is 2. The summed E-state index contributed by atoms with van der Waals surface area (Å²) < 4.78 is 0. The van der Waals surface area contributed by atoms with Crippen LogP contribution in [0.4, 0.5) is 0 Å². The summed E-state index contributed by atoms with van der Waals surface area (Å²) in [6.45, 7) is 0. The highest BCUT2D eigenvalue weighted by Crippen LogP contribution is 1.83. The zero-order valence-corrected chi connectivity index (χ0v) is 5.56. The molecule has 4 heteroatoms. The third-order valence-electron chi connectivity index (χ3n) is 0.874. The van der Waals surface area contributed by atoms with Crippen LogP contribution in [-0.4, -0.2) is 23.3 Å². The van der Waals surface area contributed by atoms with Crippen molar-refractivity contribution in [1.82, 2.24) is 9.97 Å². The van der Waals surface area contributed by atoms with Crippen molar-refractivity contribution >= 4 is 6.21 Å². The van der Waals surface area contributed by atoms with Gasteiger partial charge in [0.05, 0.1) is 12.4 Å². The van der Waals surface area contributed by atoms with E-state index in [-0.39, 0.29) is 0 Å². The smallest absolute Gasteiger partial charge is 0.106 e. The third kappa shape index (κ3) is 1.81. The predicted octanol–water partition coefficient (Wildman–Crippen LogP) is 0.457. The number of nitrogens with zero attached hydrogens (tertiary/aromatic N) is 3. The van der Waals surface area contributed by atoms with Crippen molar-refractivity contribution in [3.8, 4) is 0 Å². The van der Waals surface area contributed by atoms with Crippen LogP contribution >= 0.6 is 0 Å².